The highest BCUT2D eigenvalue weighted by Crippen LogP contribution is 2.26. The molecule has 1 aromatic rings. The molecule has 1 aromatic carbocycles. The van der Waals surface area contributed by atoms with Crippen LogP contribution < -0.4 is 4.90 Å². The first-order chi connectivity index (χ1) is 6.79. The zero-order valence-corrected chi connectivity index (χ0v) is 8.46. The summed E-state index contributed by atoms with van der Waals surface area (Å²) >= 11 is 1.83. The van der Waals surface area contributed by atoms with Crippen LogP contribution in [-0.2, 0) is 0 Å². The monoisotopic (exact) mass is 209 g/mol. The van der Waals surface area contributed by atoms with Gasteiger partial charge >= 0.3 is 5.97 Å². The van der Waals surface area contributed by atoms with Gasteiger partial charge in [0.15, 0.2) is 0 Å². The highest BCUT2D eigenvalue weighted by atomic mass is 32.2. The molecule has 74 valence electrons. The van der Waals surface area contributed by atoms with Gasteiger partial charge in [0, 0.05) is 12.3 Å². The van der Waals surface area contributed by atoms with E-state index >= 15 is 0 Å². The number of hydrogen-bond acceptors (Lipinski definition) is 3. The fourth-order valence-electron chi connectivity index (χ4n) is 1.53. The van der Waals surface area contributed by atoms with E-state index in [0.717, 1.165) is 23.9 Å². The van der Waals surface area contributed by atoms with E-state index in [0.29, 0.717) is 5.56 Å². The molecule has 2 rings (SSSR count). The predicted octanol–water partition coefficient (Wildman–Crippen LogP) is 1.90. The number of rotatable bonds is 2. The molecule has 0 saturated carbocycles. The van der Waals surface area contributed by atoms with Crippen LogP contribution in [-0.4, -0.2) is 29.3 Å². The van der Waals surface area contributed by atoms with Crippen LogP contribution in [0.2, 0.25) is 0 Å². The molecule has 1 aliphatic heterocycles. The Bertz CT molecular complexity index is 348. The Hall–Kier alpha value is -1.16. The molecule has 0 aliphatic carbocycles. The molecule has 1 N–H and O–H groups in total. The van der Waals surface area contributed by atoms with Crippen molar-refractivity contribution in [3.05, 3.63) is 29.8 Å². The summed E-state index contributed by atoms with van der Waals surface area (Å²) in [6.45, 7) is 0.939. The molecule has 0 bridgehead atoms. The molecule has 0 spiro atoms. The van der Waals surface area contributed by atoms with Crippen LogP contribution in [0.5, 0.6) is 0 Å². The lowest BCUT2D eigenvalue weighted by molar-refractivity contribution is 0.0697. The Kier molecular flexibility index (Phi) is 2.63. The van der Waals surface area contributed by atoms with Crippen molar-refractivity contribution in [2.75, 3.05) is 23.1 Å². The molecule has 1 aliphatic rings. The molecule has 0 aromatic heterocycles. The van der Waals surface area contributed by atoms with Crippen molar-refractivity contribution >= 4 is 23.4 Å². The van der Waals surface area contributed by atoms with Crippen molar-refractivity contribution < 1.29 is 9.90 Å². The smallest absolute Gasteiger partial charge is 0.337 e. The molecule has 0 radical (unpaired) electrons. The molecular weight excluding hydrogens is 198 g/mol. The fraction of sp³-hybridized carbons (Fsp3) is 0.300. The summed E-state index contributed by atoms with van der Waals surface area (Å²) < 4.78 is 0. The minimum Gasteiger partial charge on any atom is -0.478 e. The fourth-order valence-corrected chi connectivity index (χ4v) is 2.50. The van der Waals surface area contributed by atoms with Gasteiger partial charge in [-0.15, -0.1) is 11.8 Å². The van der Waals surface area contributed by atoms with Crippen LogP contribution in [0.3, 0.4) is 0 Å². The first-order valence-electron chi connectivity index (χ1n) is 4.44. The number of benzene rings is 1. The Morgan fingerprint density at radius 2 is 2.21 bits per heavy atom. The molecule has 14 heavy (non-hydrogen) atoms. The molecule has 0 amide bonds. The van der Waals surface area contributed by atoms with E-state index < -0.39 is 5.97 Å². The standard InChI is InChI=1S/C10H11NO2S/c12-10(13)8-3-1-2-4-9(8)11-5-6-14-7-11/h1-4H,5-7H2,(H,12,13). The van der Waals surface area contributed by atoms with E-state index in [1.54, 1.807) is 12.1 Å². The first-order valence-corrected chi connectivity index (χ1v) is 5.59. The number of thioether (sulfide) groups is 1. The van der Waals surface area contributed by atoms with Gasteiger partial charge in [-0.3, -0.25) is 0 Å². The second-order valence-electron chi connectivity index (χ2n) is 3.12. The van der Waals surface area contributed by atoms with Crippen molar-refractivity contribution in [1.29, 1.82) is 0 Å². The summed E-state index contributed by atoms with van der Waals surface area (Å²) in [6.07, 6.45) is 0. The highest BCUT2D eigenvalue weighted by molar-refractivity contribution is 7.99. The van der Waals surface area contributed by atoms with Crippen LogP contribution >= 0.6 is 11.8 Å². The maximum Gasteiger partial charge on any atom is 0.337 e. The van der Waals surface area contributed by atoms with E-state index in [4.69, 9.17) is 5.11 Å². The number of hydrogen-bond donors (Lipinski definition) is 1. The number of para-hydroxylation sites is 1. The minimum absolute atomic E-state index is 0.398. The van der Waals surface area contributed by atoms with Gasteiger partial charge in [0.2, 0.25) is 0 Å². The third kappa shape index (κ3) is 1.70. The van der Waals surface area contributed by atoms with E-state index in [-0.39, 0.29) is 0 Å². The molecule has 1 heterocycles. The normalized spacial score (nSPS) is 15.9. The number of anilines is 1. The van der Waals surface area contributed by atoms with Crippen molar-refractivity contribution in [1.82, 2.24) is 0 Å². The maximum atomic E-state index is 10.9. The average Bonchev–Trinajstić information content (AvgIpc) is 2.70. The molecule has 1 saturated heterocycles. The highest BCUT2D eigenvalue weighted by Gasteiger charge is 2.18. The van der Waals surface area contributed by atoms with Gasteiger partial charge in [0.1, 0.15) is 0 Å². The van der Waals surface area contributed by atoms with Crippen molar-refractivity contribution in [2.24, 2.45) is 0 Å². The van der Waals surface area contributed by atoms with Crippen LogP contribution in [0.25, 0.3) is 0 Å². The Morgan fingerprint density at radius 1 is 1.43 bits per heavy atom. The van der Waals surface area contributed by atoms with Gasteiger partial charge in [-0.25, -0.2) is 4.79 Å². The zero-order chi connectivity index (χ0) is 9.97. The van der Waals surface area contributed by atoms with Gasteiger partial charge in [-0.1, -0.05) is 12.1 Å². The van der Waals surface area contributed by atoms with Crippen molar-refractivity contribution in [3.8, 4) is 0 Å². The Labute approximate surface area is 86.7 Å². The predicted molar refractivity (Wildman–Crippen MR) is 58.1 cm³/mol. The van der Waals surface area contributed by atoms with Gasteiger partial charge in [-0.2, -0.15) is 0 Å². The third-order valence-electron chi connectivity index (χ3n) is 2.23. The lowest BCUT2D eigenvalue weighted by atomic mass is 10.1. The SMILES string of the molecule is O=C(O)c1ccccc1N1CCSC1. The Morgan fingerprint density at radius 3 is 2.86 bits per heavy atom. The van der Waals surface area contributed by atoms with E-state index in [9.17, 15) is 4.79 Å². The second-order valence-corrected chi connectivity index (χ2v) is 4.20. The molecule has 3 nitrogen and oxygen atoms in total. The lowest BCUT2D eigenvalue weighted by Gasteiger charge is -2.18. The maximum absolute atomic E-state index is 10.9. The quantitative estimate of drug-likeness (QED) is 0.807. The number of nitrogens with zero attached hydrogens (tertiary/aromatic N) is 1. The molecule has 4 heteroatoms. The molecular formula is C10H11NO2S. The van der Waals surface area contributed by atoms with Crippen molar-refractivity contribution in [2.45, 2.75) is 0 Å². The topological polar surface area (TPSA) is 40.5 Å². The second kappa shape index (κ2) is 3.92. The van der Waals surface area contributed by atoms with E-state index in [1.165, 1.54) is 0 Å². The van der Waals surface area contributed by atoms with Gasteiger partial charge in [-0.05, 0) is 12.1 Å². The van der Waals surface area contributed by atoms with Gasteiger partial charge in [0.25, 0.3) is 0 Å². The summed E-state index contributed by atoms with van der Waals surface area (Å²) in [6, 6.07) is 7.16. The zero-order valence-electron chi connectivity index (χ0n) is 7.64. The van der Waals surface area contributed by atoms with Gasteiger partial charge < -0.3 is 10.0 Å². The van der Waals surface area contributed by atoms with E-state index in [1.807, 2.05) is 23.9 Å². The van der Waals surface area contributed by atoms with Gasteiger partial charge in [0.05, 0.1) is 17.1 Å². The Balaban J connectivity index is 2.35. The first kappa shape index (κ1) is 9.40. The summed E-state index contributed by atoms with van der Waals surface area (Å²) in [5, 5.41) is 8.99. The van der Waals surface area contributed by atoms with Crippen molar-refractivity contribution in [3.63, 3.8) is 0 Å². The molecule has 0 atom stereocenters. The van der Waals surface area contributed by atoms with Crippen LogP contribution in [0.1, 0.15) is 10.4 Å². The number of aromatic carboxylic acids is 1. The van der Waals surface area contributed by atoms with Crippen LogP contribution in [0, 0.1) is 0 Å². The van der Waals surface area contributed by atoms with Crippen LogP contribution in [0.15, 0.2) is 24.3 Å². The summed E-state index contributed by atoms with van der Waals surface area (Å²) in [5.74, 6) is 1.12. The lowest BCUT2D eigenvalue weighted by Crippen LogP contribution is -2.20. The minimum atomic E-state index is -0.850. The number of carboxylic acid groups (broad SMARTS) is 1. The largest absolute Gasteiger partial charge is 0.478 e. The van der Waals surface area contributed by atoms with Crippen LogP contribution in [0.4, 0.5) is 5.69 Å². The average molecular weight is 209 g/mol. The summed E-state index contributed by atoms with van der Waals surface area (Å²) in [5.41, 5.74) is 1.24. The number of carboxylic acids is 1. The number of carbonyl (C=O) groups is 1. The summed E-state index contributed by atoms with van der Waals surface area (Å²) in [7, 11) is 0. The molecule has 1 fully saturated rings. The molecule has 0 unspecified atom stereocenters. The summed E-state index contributed by atoms with van der Waals surface area (Å²) in [4.78, 5) is 13.1. The third-order valence-corrected chi connectivity index (χ3v) is 3.19. The van der Waals surface area contributed by atoms with E-state index in [2.05, 4.69) is 4.90 Å².